The summed E-state index contributed by atoms with van der Waals surface area (Å²) in [5.41, 5.74) is 2.32. The highest BCUT2D eigenvalue weighted by molar-refractivity contribution is 7.92. The summed E-state index contributed by atoms with van der Waals surface area (Å²) in [6.07, 6.45) is 2.93. The van der Waals surface area contributed by atoms with E-state index in [4.69, 9.17) is 4.42 Å². The lowest BCUT2D eigenvalue weighted by atomic mass is 10.1. The van der Waals surface area contributed by atoms with Gasteiger partial charge in [-0.25, -0.2) is 13.4 Å². The van der Waals surface area contributed by atoms with Crippen LogP contribution in [0.4, 0.5) is 11.4 Å². The Bertz CT molecular complexity index is 1060. The molecule has 0 spiro atoms. The second-order valence-electron chi connectivity index (χ2n) is 7.42. The number of piperazine rings is 1. The lowest BCUT2D eigenvalue weighted by Gasteiger charge is -2.37. The van der Waals surface area contributed by atoms with Gasteiger partial charge < -0.3 is 14.6 Å². The fraction of sp³-hybridized carbons (Fsp3) is 0.286. The summed E-state index contributed by atoms with van der Waals surface area (Å²) in [7, 11) is -3.70. The number of aromatic nitrogens is 1. The van der Waals surface area contributed by atoms with Crippen molar-refractivity contribution in [2.75, 3.05) is 22.7 Å². The summed E-state index contributed by atoms with van der Waals surface area (Å²) in [6, 6.07) is 14.8. The number of hydrogen-bond acceptors (Lipinski definition) is 6. The van der Waals surface area contributed by atoms with Crippen LogP contribution in [0.2, 0.25) is 0 Å². The summed E-state index contributed by atoms with van der Waals surface area (Å²) < 4.78 is 33.6. The second kappa shape index (κ2) is 7.88. The van der Waals surface area contributed by atoms with Crippen LogP contribution < -0.4 is 14.9 Å². The molecule has 29 heavy (non-hydrogen) atoms. The number of hydrogen-bond donors (Lipinski definition) is 2. The van der Waals surface area contributed by atoms with E-state index in [9.17, 15) is 8.42 Å². The fourth-order valence-corrected chi connectivity index (χ4v) is 4.72. The van der Waals surface area contributed by atoms with Gasteiger partial charge >= 0.3 is 0 Å². The average Bonchev–Trinajstić information content (AvgIpc) is 3.22. The number of oxazole rings is 1. The summed E-state index contributed by atoms with van der Waals surface area (Å²) in [5.74, 6) is 0.592. The van der Waals surface area contributed by atoms with Crippen LogP contribution in [-0.4, -0.2) is 38.6 Å². The first-order valence-electron chi connectivity index (χ1n) is 9.53. The molecule has 0 saturated carbocycles. The van der Waals surface area contributed by atoms with Crippen molar-refractivity contribution >= 4 is 21.4 Å². The molecule has 2 aromatic carbocycles. The van der Waals surface area contributed by atoms with Gasteiger partial charge in [0, 0.05) is 36.4 Å². The van der Waals surface area contributed by atoms with Gasteiger partial charge in [0.1, 0.15) is 0 Å². The van der Waals surface area contributed by atoms with Crippen molar-refractivity contribution in [2.24, 2.45) is 0 Å². The van der Waals surface area contributed by atoms with Gasteiger partial charge in [0.25, 0.3) is 10.0 Å². The quantitative estimate of drug-likeness (QED) is 0.668. The summed E-state index contributed by atoms with van der Waals surface area (Å²) in [4.78, 5) is 6.34. The van der Waals surface area contributed by atoms with Crippen molar-refractivity contribution in [3.63, 3.8) is 0 Å². The smallest absolute Gasteiger partial charge is 0.261 e. The molecule has 2 unspecified atom stereocenters. The van der Waals surface area contributed by atoms with Gasteiger partial charge in [0.15, 0.2) is 12.2 Å². The van der Waals surface area contributed by atoms with Crippen LogP contribution in [0.25, 0.3) is 11.3 Å². The third-order valence-electron chi connectivity index (χ3n) is 4.90. The van der Waals surface area contributed by atoms with Crippen LogP contribution in [0.15, 0.2) is 70.4 Å². The monoisotopic (exact) mass is 412 g/mol. The molecule has 3 aromatic rings. The Labute approximate surface area is 170 Å². The van der Waals surface area contributed by atoms with E-state index in [1.165, 1.54) is 6.39 Å². The van der Waals surface area contributed by atoms with Crippen LogP contribution in [0.3, 0.4) is 0 Å². The molecular weight excluding hydrogens is 388 g/mol. The van der Waals surface area contributed by atoms with Crippen LogP contribution in [0, 0.1) is 0 Å². The van der Waals surface area contributed by atoms with E-state index < -0.39 is 10.0 Å². The van der Waals surface area contributed by atoms with E-state index in [1.807, 2.05) is 18.2 Å². The molecule has 0 radical (unpaired) electrons. The highest BCUT2D eigenvalue weighted by atomic mass is 32.2. The molecule has 1 fully saturated rings. The number of nitrogens with one attached hydrogen (secondary N) is 2. The SMILES string of the molecule is CC1CN(c2cccc(NS(=O)(=O)c3ccc(-c4cnco4)cc3)c2)CC(C)N1. The first-order chi connectivity index (χ1) is 13.9. The number of benzene rings is 2. The highest BCUT2D eigenvalue weighted by Crippen LogP contribution is 2.25. The van der Waals surface area contributed by atoms with Crippen LogP contribution in [0.5, 0.6) is 0 Å². The largest absolute Gasteiger partial charge is 0.444 e. The standard InChI is InChI=1S/C21H24N4O3S/c1-15-12-25(13-16(2)23-15)19-5-3-4-18(10-19)24-29(26,27)20-8-6-17(7-9-20)21-11-22-14-28-21/h3-11,14-16,23-24H,12-13H2,1-2H3. The van der Waals surface area contributed by atoms with Gasteiger partial charge in [-0.1, -0.05) is 6.07 Å². The first-order valence-corrected chi connectivity index (χ1v) is 11.0. The Morgan fingerprint density at radius 3 is 2.48 bits per heavy atom. The van der Waals surface area contributed by atoms with Crippen molar-refractivity contribution in [1.29, 1.82) is 0 Å². The molecule has 1 saturated heterocycles. The predicted molar refractivity (Wildman–Crippen MR) is 113 cm³/mol. The summed E-state index contributed by atoms with van der Waals surface area (Å²) in [5, 5.41) is 3.50. The minimum Gasteiger partial charge on any atom is -0.444 e. The minimum absolute atomic E-state index is 0.190. The molecule has 0 amide bonds. The molecule has 4 rings (SSSR count). The average molecular weight is 413 g/mol. The van der Waals surface area contributed by atoms with Crippen molar-refractivity contribution < 1.29 is 12.8 Å². The fourth-order valence-electron chi connectivity index (χ4n) is 3.67. The Morgan fingerprint density at radius 1 is 1.10 bits per heavy atom. The molecule has 2 N–H and O–H groups in total. The maximum Gasteiger partial charge on any atom is 0.261 e. The summed E-state index contributed by atoms with van der Waals surface area (Å²) >= 11 is 0. The molecule has 2 atom stereocenters. The summed E-state index contributed by atoms with van der Waals surface area (Å²) in [6.45, 7) is 6.06. The zero-order valence-electron chi connectivity index (χ0n) is 16.4. The topological polar surface area (TPSA) is 87.5 Å². The molecule has 1 aliphatic heterocycles. The van der Waals surface area contributed by atoms with E-state index in [-0.39, 0.29) is 4.90 Å². The number of nitrogens with zero attached hydrogens (tertiary/aromatic N) is 2. The third-order valence-corrected chi connectivity index (χ3v) is 6.30. The van der Waals surface area contributed by atoms with Crippen LogP contribution >= 0.6 is 0 Å². The van der Waals surface area contributed by atoms with Crippen molar-refractivity contribution in [1.82, 2.24) is 10.3 Å². The van der Waals surface area contributed by atoms with Gasteiger partial charge in [0.2, 0.25) is 0 Å². The van der Waals surface area contributed by atoms with Crippen molar-refractivity contribution in [2.45, 2.75) is 30.8 Å². The number of anilines is 2. The normalized spacial score (nSPS) is 19.9. The first kappa shape index (κ1) is 19.5. The minimum atomic E-state index is -3.70. The Balaban J connectivity index is 1.52. The molecule has 152 valence electrons. The molecule has 1 aromatic heterocycles. The van der Waals surface area contributed by atoms with Gasteiger partial charge in [-0.05, 0) is 56.3 Å². The van der Waals surface area contributed by atoms with Gasteiger partial charge in [-0.3, -0.25) is 4.72 Å². The maximum atomic E-state index is 12.8. The molecule has 0 bridgehead atoms. The van der Waals surface area contributed by atoms with Gasteiger partial charge in [-0.15, -0.1) is 0 Å². The molecule has 0 aliphatic carbocycles. The van der Waals surface area contributed by atoms with Crippen LogP contribution in [0.1, 0.15) is 13.8 Å². The number of sulfonamides is 1. The maximum absolute atomic E-state index is 12.8. The molecule has 7 nitrogen and oxygen atoms in total. The molecule has 8 heteroatoms. The van der Waals surface area contributed by atoms with E-state index in [1.54, 1.807) is 36.5 Å². The zero-order valence-corrected chi connectivity index (χ0v) is 17.2. The molecular formula is C21H24N4O3S. The van der Waals surface area contributed by atoms with Crippen LogP contribution in [-0.2, 0) is 10.0 Å². The lowest BCUT2D eigenvalue weighted by Crippen LogP contribution is -2.54. The van der Waals surface area contributed by atoms with E-state index >= 15 is 0 Å². The van der Waals surface area contributed by atoms with Gasteiger partial charge in [-0.2, -0.15) is 0 Å². The second-order valence-corrected chi connectivity index (χ2v) is 9.10. The molecule has 2 heterocycles. The van der Waals surface area contributed by atoms with Gasteiger partial charge in [0.05, 0.1) is 16.8 Å². The van der Waals surface area contributed by atoms with Crippen molar-refractivity contribution in [3.05, 3.63) is 61.1 Å². The third kappa shape index (κ3) is 4.44. The Kier molecular flexibility index (Phi) is 5.29. The van der Waals surface area contributed by atoms with E-state index in [2.05, 4.69) is 33.8 Å². The Morgan fingerprint density at radius 2 is 1.83 bits per heavy atom. The van der Waals surface area contributed by atoms with E-state index in [0.717, 1.165) is 24.3 Å². The van der Waals surface area contributed by atoms with E-state index in [0.29, 0.717) is 23.5 Å². The number of rotatable bonds is 5. The Hall–Kier alpha value is -2.84. The predicted octanol–water partition coefficient (Wildman–Crippen LogP) is 3.33. The molecule has 1 aliphatic rings. The lowest BCUT2D eigenvalue weighted by molar-refractivity contribution is 0.407. The highest BCUT2D eigenvalue weighted by Gasteiger charge is 2.22. The zero-order chi connectivity index (χ0) is 20.4. The van der Waals surface area contributed by atoms with Crippen molar-refractivity contribution in [3.8, 4) is 11.3 Å².